The van der Waals surface area contributed by atoms with Crippen LogP contribution in [-0.2, 0) is 0 Å². The summed E-state index contributed by atoms with van der Waals surface area (Å²) in [6.07, 6.45) is 2.91. The van der Waals surface area contributed by atoms with Crippen LogP contribution in [0.2, 0.25) is 0 Å². The molecule has 1 aliphatic rings. The summed E-state index contributed by atoms with van der Waals surface area (Å²) in [5.41, 5.74) is 5.78. The molecule has 6 nitrogen and oxygen atoms in total. The van der Waals surface area contributed by atoms with Gasteiger partial charge in [-0.3, -0.25) is 4.79 Å². The topological polar surface area (TPSA) is 91.5 Å². The monoisotopic (exact) mass is 284 g/mol. The zero-order chi connectivity index (χ0) is 14.0. The average Bonchev–Trinajstić information content (AvgIpc) is 2.95. The maximum Gasteiger partial charge on any atom is 0.265 e. The van der Waals surface area contributed by atoms with Gasteiger partial charge in [-0.25, -0.2) is 4.98 Å². The molecular formula is C12H20N4O2S. The Labute approximate surface area is 116 Å². The number of nitrogens with two attached hydrogens (primary N) is 1. The number of hydrogen-bond donors (Lipinski definition) is 3. The van der Waals surface area contributed by atoms with E-state index in [0.29, 0.717) is 10.0 Å². The van der Waals surface area contributed by atoms with E-state index in [2.05, 4.69) is 10.3 Å². The first-order chi connectivity index (χ1) is 9.02. The number of amides is 1. The number of carbonyl (C=O) groups excluding carboxylic acids is 1. The molecule has 1 aromatic rings. The quantitative estimate of drug-likeness (QED) is 0.756. The molecule has 1 amide bonds. The normalized spacial score (nSPS) is 22.5. The number of aliphatic hydroxyl groups excluding tert-OH is 1. The highest BCUT2D eigenvalue weighted by molar-refractivity contribution is 7.18. The van der Waals surface area contributed by atoms with Crippen LogP contribution < -0.4 is 16.0 Å². The summed E-state index contributed by atoms with van der Waals surface area (Å²) < 4.78 is 0. The third-order valence-electron chi connectivity index (χ3n) is 3.44. The number of carbonyl (C=O) groups is 1. The second-order valence-corrected chi connectivity index (χ2v) is 6.04. The van der Waals surface area contributed by atoms with Crippen LogP contribution in [0, 0.1) is 5.92 Å². The Morgan fingerprint density at radius 3 is 2.89 bits per heavy atom. The summed E-state index contributed by atoms with van der Waals surface area (Å²) >= 11 is 1.28. The molecule has 0 radical (unpaired) electrons. The van der Waals surface area contributed by atoms with Crippen LogP contribution in [0.4, 0.5) is 10.9 Å². The molecule has 0 aliphatic heterocycles. The van der Waals surface area contributed by atoms with Gasteiger partial charge in [-0.15, -0.1) is 0 Å². The highest BCUT2D eigenvalue weighted by Crippen LogP contribution is 2.29. The van der Waals surface area contributed by atoms with Crippen molar-refractivity contribution in [3.05, 3.63) is 4.88 Å². The van der Waals surface area contributed by atoms with E-state index in [1.54, 1.807) is 0 Å². The van der Waals surface area contributed by atoms with Gasteiger partial charge < -0.3 is 21.1 Å². The van der Waals surface area contributed by atoms with E-state index in [0.717, 1.165) is 19.3 Å². The Hall–Kier alpha value is -1.34. The Morgan fingerprint density at radius 1 is 1.58 bits per heavy atom. The summed E-state index contributed by atoms with van der Waals surface area (Å²) in [6, 6.07) is 0.0433. The Bertz CT molecular complexity index is 461. The van der Waals surface area contributed by atoms with Crippen molar-refractivity contribution in [1.82, 2.24) is 10.3 Å². The van der Waals surface area contributed by atoms with Crippen LogP contribution in [0.5, 0.6) is 0 Å². The summed E-state index contributed by atoms with van der Waals surface area (Å²) in [4.78, 5) is 18.6. The van der Waals surface area contributed by atoms with Crippen LogP contribution in [-0.4, -0.2) is 42.7 Å². The molecule has 106 valence electrons. The number of rotatable bonds is 4. The van der Waals surface area contributed by atoms with E-state index in [4.69, 9.17) is 5.73 Å². The van der Waals surface area contributed by atoms with Crippen LogP contribution in [0.3, 0.4) is 0 Å². The molecule has 0 aromatic carbocycles. The largest absolute Gasteiger partial charge is 0.396 e. The van der Waals surface area contributed by atoms with Gasteiger partial charge in [0.2, 0.25) is 0 Å². The van der Waals surface area contributed by atoms with Gasteiger partial charge in [0.15, 0.2) is 5.13 Å². The third kappa shape index (κ3) is 2.98. The molecule has 1 heterocycles. The molecule has 0 saturated heterocycles. The van der Waals surface area contributed by atoms with Gasteiger partial charge in [0.25, 0.3) is 5.91 Å². The maximum atomic E-state index is 12.2. The number of hydrogen-bond acceptors (Lipinski definition) is 6. The molecule has 0 bridgehead atoms. The van der Waals surface area contributed by atoms with Gasteiger partial charge in [-0.05, 0) is 12.8 Å². The maximum absolute atomic E-state index is 12.2. The number of anilines is 2. The minimum atomic E-state index is -0.187. The summed E-state index contributed by atoms with van der Waals surface area (Å²) in [5.74, 6) is 0.240. The summed E-state index contributed by atoms with van der Waals surface area (Å²) in [5, 5.41) is 12.9. The number of thiazole rings is 1. The summed E-state index contributed by atoms with van der Waals surface area (Å²) in [6.45, 7) is 0.117. The van der Waals surface area contributed by atoms with Gasteiger partial charge in [-0.2, -0.15) is 0 Å². The lowest BCUT2D eigenvalue weighted by Crippen LogP contribution is -2.38. The molecule has 0 spiro atoms. The average molecular weight is 284 g/mol. The van der Waals surface area contributed by atoms with Gasteiger partial charge in [-0.1, -0.05) is 17.8 Å². The standard InChI is InChI=1S/C12H20N4O2S/c1-16(2)12-15-10(13)9(19-12)11(18)14-8-5-3-4-7(8)6-17/h7-8,17H,3-6,13H2,1-2H3,(H,14,18). The van der Waals surface area contributed by atoms with E-state index in [-0.39, 0.29) is 30.3 Å². The van der Waals surface area contributed by atoms with Crippen LogP contribution >= 0.6 is 11.3 Å². The first-order valence-electron chi connectivity index (χ1n) is 6.38. The fourth-order valence-corrected chi connectivity index (χ4v) is 3.16. The van der Waals surface area contributed by atoms with Gasteiger partial charge >= 0.3 is 0 Å². The van der Waals surface area contributed by atoms with Gasteiger partial charge in [0.1, 0.15) is 10.7 Å². The number of nitrogen functional groups attached to an aromatic ring is 1. The Kier molecular flexibility index (Phi) is 4.26. The molecule has 1 saturated carbocycles. The molecule has 2 unspecified atom stereocenters. The predicted molar refractivity (Wildman–Crippen MR) is 76.5 cm³/mol. The van der Waals surface area contributed by atoms with Crippen LogP contribution in [0.1, 0.15) is 28.9 Å². The van der Waals surface area contributed by atoms with Crippen molar-refractivity contribution in [3.63, 3.8) is 0 Å². The molecule has 7 heteroatoms. The minimum Gasteiger partial charge on any atom is -0.396 e. The smallest absolute Gasteiger partial charge is 0.265 e. The zero-order valence-electron chi connectivity index (χ0n) is 11.2. The number of aliphatic hydroxyl groups is 1. The van der Waals surface area contributed by atoms with Gasteiger partial charge in [0.05, 0.1) is 0 Å². The Balaban J connectivity index is 2.07. The molecule has 19 heavy (non-hydrogen) atoms. The van der Waals surface area contributed by atoms with E-state index in [9.17, 15) is 9.90 Å². The lowest BCUT2D eigenvalue weighted by atomic mass is 10.1. The lowest BCUT2D eigenvalue weighted by Gasteiger charge is -2.18. The van der Waals surface area contributed by atoms with Crippen molar-refractivity contribution < 1.29 is 9.90 Å². The molecule has 1 aliphatic carbocycles. The number of nitrogens with zero attached hydrogens (tertiary/aromatic N) is 2. The second-order valence-electron chi connectivity index (χ2n) is 5.06. The molecule has 1 aromatic heterocycles. The molecule has 1 fully saturated rings. The molecule has 2 rings (SSSR count). The highest BCUT2D eigenvalue weighted by Gasteiger charge is 2.29. The van der Waals surface area contributed by atoms with Crippen molar-refractivity contribution in [2.24, 2.45) is 5.92 Å². The van der Waals surface area contributed by atoms with E-state index < -0.39 is 0 Å². The van der Waals surface area contributed by atoms with E-state index >= 15 is 0 Å². The zero-order valence-corrected chi connectivity index (χ0v) is 12.0. The number of aromatic nitrogens is 1. The molecule has 4 N–H and O–H groups in total. The second kappa shape index (κ2) is 5.75. The van der Waals surface area contributed by atoms with Crippen molar-refractivity contribution in [1.29, 1.82) is 0 Å². The van der Waals surface area contributed by atoms with Crippen LogP contribution in [0.15, 0.2) is 0 Å². The first kappa shape index (κ1) is 14.1. The predicted octanol–water partition coefficient (Wildman–Crippen LogP) is 0.682. The SMILES string of the molecule is CN(C)c1nc(N)c(C(=O)NC2CCCC2CO)s1. The van der Waals surface area contributed by atoms with E-state index in [1.165, 1.54) is 11.3 Å². The number of nitrogens with one attached hydrogen (secondary N) is 1. The lowest BCUT2D eigenvalue weighted by molar-refractivity contribution is 0.0921. The first-order valence-corrected chi connectivity index (χ1v) is 7.20. The summed E-state index contributed by atoms with van der Waals surface area (Å²) in [7, 11) is 3.72. The van der Waals surface area contributed by atoms with Crippen molar-refractivity contribution in [2.45, 2.75) is 25.3 Å². The van der Waals surface area contributed by atoms with Crippen molar-refractivity contribution >= 4 is 28.2 Å². The fourth-order valence-electron chi connectivity index (χ4n) is 2.35. The highest BCUT2D eigenvalue weighted by atomic mass is 32.1. The fraction of sp³-hybridized carbons (Fsp3) is 0.667. The van der Waals surface area contributed by atoms with Crippen LogP contribution in [0.25, 0.3) is 0 Å². The Morgan fingerprint density at radius 2 is 2.32 bits per heavy atom. The van der Waals surface area contributed by atoms with Gasteiger partial charge in [0, 0.05) is 32.7 Å². The van der Waals surface area contributed by atoms with Crippen molar-refractivity contribution in [2.75, 3.05) is 31.3 Å². The third-order valence-corrected chi connectivity index (χ3v) is 4.68. The van der Waals surface area contributed by atoms with Crippen molar-refractivity contribution in [3.8, 4) is 0 Å². The molecule has 2 atom stereocenters. The van der Waals surface area contributed by atoms with E-state index in [1.807, 2.05) is 19.0 Å². The minimum absolute atomic E-state index is 0.0433. The molecular weight excluding hydrogens is 264 g/mol.